The summed E-state index contributed by atoms with van der Waals surface area (Å²) in [6.07, 6.45) is 0. The average molecular weight is 256 g/mol. The first kappa shape index (κ1) is 13.0. The number of methoxy groups -OCH3 is 1. The zero-order valence-electron chi connectivity index (χ0n) is 10.7. The first-order chi connectivity index (χ1) is 9.20. The van der Waals surface area contributed by atoms with Crippen LogP contribution in [0, 0.1) is 0 Å². The normalized spacial score (nSPS) is 9.95. The summed E-state index contributed by atoms with van der Waals surface area (Å²) in [5.41, 5.74) is 7.75. The van der Waals surface area contributed by atoms with Gasteiger partial charge in [-0.3, -0.25) is 4.79 Å². The quantitative estimate of drug-likeness (QED) is 0.824. The highest BCUT2D eigenvalue weighted by Gasteiger charge is 2.11. The first-order valence-corrected chi connectivity index (χ1v) is 5.96. The van der Waals surface area contributed by atoms with Crippen molar-refractivity contribution in [3.63, 3.8) is 0 Å². The fraction of sp³-hybridized carbons (Fsp3) is 0.133. The fourth-order valence-corrected chi connectivity index (χ4v) is 1.77. The molecule has 3 N–H and O–H groups in total. The maximum absolute atomic E-state index is 12.1. The Morgan fingerprint density at radius 3 is 2.63 bits per heavy atom. The summed E-state index contributed by atoms with van der Waals surface area (Å²) in [6, 6.07) is 14.7. The maximum Gasteiger partial charge on any atom is 0.255 e. The smallest absolute Gasteiger partial charge is 0.255 e. The van der Waals surface area contributed by atoms with Gasteiger partial charge in [-0.2, -0.15) is 0 Å². The van der Waals surface area contributed by atoms with Gasteiger partial charge in [0, 0.05) is 18.3 Å². The number of hydrogen-bond donors (Lipinski definition) is 2. The fourth-order valence-electron chi connectivity index (χ4n) is 1.77. The second-order valence-corrected chi connectivity index (χ2v) is 4.13. The molecule has 19 heavy (non-hydrogen) atoms. The van der Waals surface area contributed by atoms with Gasteiger partial charge >= 0.3 is 0 Å². The van der Waals surface area contributed by atoms with Crippen molar-refractivity contribution < 1.29 is 9.53 Å². The van der Waals surface area contributed by atoms with Crippen LogP contribution in [-0.2, 0) is 6.54 Å². The van der Waals surface area contributed by atoms with E-state index in [4.69, 9.17) is 10.5 Å². The number of ether oxygens (including phenoxy) is 1. The van der Waals surface area contributed by atoms with Crippen LogP contribution >= 0.6 is 0 Å². The highest BCUT2D eigenvalue weighted by atomic mass is 16.5. The SMILES string of the molecule is COc1cc(N)ccc1C(=O)NCc1ccccc1. The van der Waals surface area contributed by atoms with Gasteiger partial charge in [0.2, 0.25) is 0 Å². The third-order valence-corrected chi connectivity index (χ3v) is 2.77. The molecule has 0 aromatic heterocycles. The number of rotatable bonds is 4. The number of nitrogen functional groups attached to an aromatic ring is 1. The predicted molar refractivity (Wildman–Crippen MR) is 75.0 cm³/mol. The van der Waals surface area contributed by atoms with Crippen molar-refractivity contribution in [2.75, 3.05) is 12.8 Å². The summed E-state index contributed by atoms with van der Waals surface area (Å²) in [5.74, 6) is 0.297. The van der Waals surface area contributed by atoms with Crippen LogP contribution in [-0.4, -0.2) is 13.0 Å². The Bertz CT molecular complexity index is 568. The Morgan fingerprint density at radius 2 is 1.95 bits per heavy atom. The molecule has 98 valence electrons. The Hall–Kier alpha value is -2.49. The molecule has 0 heterocycles. The molecular formula is C15H16N2O2. The molecular weight excluding hydrogens is 240 g/mol. The van der Waals surface area contributed by atoms with Gasteiger partial charge in [0.05, 0.1) is 12.7 Å². The third-order valence-electron chi connectivity index (χ3n) is 2.77. The zero-order chi connectivity index (χ0) is 13.7. The van der Waals surface area contributed by atoms with Gasteiger partial charge in [-0.05, 0) is 17.7 Å². The molecule has 4 heteroatoms. The van der Waals surface area contributed by atoms with Crippen LogP contribution in [0.3, 0.4) is 0 Å². The Balaban J connectivity index is 2.08. The molecule has 0 bridgehead atoms. The van der Waals surface area contributed by atoms with Crippen LogP contribution in [0.15, 0.2) is 48.5 Å². The molecule has 1 amide bonds. The molecule has 2 aromatic carbocycles. The maximum atomic E-state index is 12.1. The number of nitrogens with one attached hydrogen (secondary N) is 1. The van der Waals surface area contributed by atoms with E-state index in [2.05, 4.69) is 5.32 Å². The van der Waals surface area contributed by atoms with E-state index in [-0.39, 0.29) is 5.91 Å². The minimum Gasteiger partial charge on any atom is -0.496 e. The van der Waals surface area contributed by atoms with Gasteiger partial charge in [0.25, 0.3) is 5.91 Å². The predicted octanol–water partition coefficient (Wildman–Crippen LogP) is 2.21. The number of amides is 1. The molecule has 0 spiro atoms. The highest BCUT2D eigenvalue weighted by molar-refractivity contribution is 5.97. The summed E-state index contributed by atoms with van der Waals surface area (Å²) < 4.78 is 5.16. The van der Waals surface area contributed by atoms with Crippen LogP contribution in [0.25, 0.3) is 0 Å². The summed E-state index contributed by atoms with van der Waals surface area (Å²) >= 11 is 0. The third kappa shape index (κ3) is 3.25. The number of benzene rings is 2. The van der Waals surface area contributed by atoms with E-state index in [1.54, 1.807) is 18.2 Å². The highest BCUT2D eigenvalue weighted by Crippen LogP contribution is 2.21. The number of anilines is 1. The van der Waals surface area contributed by atoms with Crippen molar-refractivity contribution in [3.8, 4) is 5.75 Å². The minimum absolute atomic E-state index is 0.180. The second kappa shape index (κ2) is 5.91. The zero-order valence-corrected chi connectivity index (χ0v) is 10.7. The van der Waals surface area contributed by atoms with E-state index >= 15 is 0 Å². The Kier molecular flexibility index (Phi) is 4.03. The molecule has 0 aliphatic heterocycles. The van der Waals surface area contributed by atoms with E-state index in [1.807, 2.05) is 30.3 Å². The van der Waals surface area contributed by atoms with Crippen molar-refractivity contribution in [3.05, 3.63) is 59.7 Å². The van der Waals surface area contributed by atoms with Crippen LogP contribution in [0.1, 0.15) is 15.9 Å². The lowest BCUT2D eigenvalue weighted by Gasteiger charge is -2.10. The lowest BCUT2D eigenvalue weighted by molar-refractivity contribution is 0.0948. The van der Waals surface area contributed by atoms with Gasteiger partial charge in [-0.25, -0.2) is 0 Å². The Morgan fingerprint density at radius 1 is 1.21 bits per heavy atom. The van der Waals surface area contributed by atoms with Crippen LogP contribution in [0.5, 0.6) is 5.75 Å². The lowest BCUT2D eigenvalue weighted by Crippen LogP contribution is -2.23. The van der Waals surface area contributed by atoms with Crippen LogP contribution in [0.2, 0.25) is 0 Å². The van der Waals surface area contributed by atoms with E-state index < -0.39 is 0 Å². The molecule has 2 rings (SSSR count). The van der Waals surface area contributed by atoms with Gasteiger partial charge in [0.15, 0.2) is 0 Å². The number of carbonyl (C=O) groups is 1. The molecule has 0 radical (unpaired) electrons. The molecule has 0 saturated heterocycles. The number of hydrogen-bond acceptors (Lipinski definition) is 3. The molecule has 0 fully saturated rings. The summed E-state index contributed by atoms with van der Waals surface area (Å²) in [7, 11) is 1.52. The van der Waals surface area contributed by atoms with Gasteiger partial charge in [-0.15, -0.1) is 0 Å². The van der Waals surface area contributed by atoms with Crippen LogP contribution < -0.4 is 15.8 Å². The van der Waals surface area contributed by atoms with E-state index in [1.165, 1.54) is 7.11 Å². The summed E-state index contributed by atoms with van der Waals surface area (Å²) in [4.78, 5) is 12.1. The van der Waals surface area contributed by atoms with E-state index in [0.717, 1.165) is 5.56 Å². The van der Waals surface area contributed by atoms with Crippen LogP contribution in [0.4, 0.5) is 5.69 Å². The Labute approximate surface area is 112 Å². The largest absolute Gasteiger partial charge is 0.496 e. The monoisotopic (exact) mass is 256 g/mol. The van der Waals surface area contributed by atoms with E-state index in [0.29, 0.717) is 23.5 Å². The number of nitrogens with two attached hydrogens (primary N) is 1. The minimum atomic E-state index is -0.180. The van der Waals surface area contributed by atoms with Gasteiger partial charge in [-0.1, -0.05) is 30.3 Å². The standard InChI is InChI=1S/C15H16N2O2/c1-19-14-9-12(16)7-8-13(14)15(18)17-10-11-5-3-2-4-6-11/h2-9H,10,16H2,1H3,(H,17,18). The molecule has 0 saturated carbocycles. The molecule has 4 nitrogen and oxygen atoms in total. The molecule has 0 atom stereocenters. The van der Waals surface area contributed by atoms with Crippen molar-refractivity contribution in [2.24, 2.45) is 0 Å². The summed E-state index contributed by atoms with van der Waals surface area (Å²) in [5, 5.41) is 2.85. The van der Waals surface area contributed by atoms with Crippen molar-refractivity contribution >= 4 is 11.6 Å². The topological polar surface area (TPSA) is 64.3 Å². The molecule has 2 aromatic rings. The van der Waals surface area contributed by atoms with Crippen molar-refractivity contribution in [2.45, 2.75) is 6.54 Å². The second-order valence-electron chi connectivity index (χ2n) is 4.13. The molecule has 0 aliphatic rings. The summed E-state index contributed by atoms with van der Waals surface area (Å²) in [6.45, 7) is 0.479. The lowest BCUT2D eigenvalue weighted by atomic mass is 10.1. The van der Waals surface area contributed by atoms with Crippen molar-refractivity contribution in [1.29, 1.82) is 0 Å². The van der Waals surface area contributed by atoms with Gasteiger partial charge < -0.3 is 15.8 Å². The van der Waals surface area contributed by atoms with E-state index in [9.17, 15) is 4.79 Å². The van der Waals surface area contributed by atoms with Crippen molar-refractivity contribution in [1.82, 2.24) is 5.32 Å². The van der Waals surface area contributed by atoms with Gasteiger partial charge in [0.1, 0.15) is 5.75 Å². The average Bonchev–Trinajstić information content (AvgIpc) is 2.45. The molecule has 0 aliphatic carbocycles. The number of carbonyl (C=O) groups excluding carboxylic acids is 1. The first-order valence-electron chi connectivity index (χ1n) is 5.96. The molecule has 0 unspecified atom stereocenters.